The molecule has 0 aliphatic heterocycles. The maximum absolute atomic E-state index is 13.7. The predicted octanol–water partition coefficient (Wildman–Crippen LogP) is 4.24. The summed E-state index contributed by atoms with van der Waals surface area (Å²) in [6.45, 7) is 1.67. The van der Waals surface area contributed by atoms with Crippen molar-refractivity contribution in [2.45, 2.75) is 11.8 Å². The molecule has 0 unspecified atom stereocenters. The lowest BCUT2D eigenvalue weighted by Gasteiger charge is -2.11. The van der Waals surface area contributed by atoms with Gasteiger partial charge in [0.2, 0.25) is 0 Å². The SMILES string of the molecule is Cc1ccc(F)c(S(=O)(=O)Nc2ccc(Cl)cc2Cl)c1. The number of benzene rings is 2. The fourth-order valence-corrected chi connectivity index (χ4v) is 3.34. The van der Waals surface area contributed by atoms with E-state index in [1.54, 1.807) is 6.92 Å². The highest BCUT2D eigenvalue weighted by Gasteiger charge is 2.20. The average molecular weight is 334 g/mol. The molecule has 20 heavy (non-hydrogen) atoms. The van der Waals surface area contributed by atoms with Gasteiger partial charge in [0.05, 0.1) is 10.7 Å². The largest absolute Gasteiger partial charge is 0.278 e. The fourth-order valence-electron chi connectivity index (χ4n) is 1.59. The van der Waals surface area contributed by atoms with Crippen LogP contribution in [0.15, 0.2) is 41.3 Å². The van der Waals surface area contributed by atoms with Crippen LogP contribution in [0.25, 0.3) is 0 Å². The van der Waals surface area contributed by atoms with E-state index in [4.69, 9.17) is 23.2 Å². The molecule has 0 aromatic heterocycles. The Bertz CT molecular complexity index is 763. The van der Waals surface area contributed by atoms with Crippen LogP contribution in [0.4, 0.5) is 10.1 Å². The zero-order chi connectivity index (χ0) is 14.9. The smallest absolute Gasteiger partial charge is 0.264 e. The van der Waals surface area contributed by atoms with E-state index >= 15 is 0 Å². The monoisotopic (exact) mass is 333 g/mol. The maximum Gasteiger partial charge on any atom is 0.264 e. The van der Waals surface area contributed by atoms with Gasteiger partial charge in [0, 0.05) is 5.02 Å². The van der Waals surface area contributed by atoms with E-state index in [1.165, 1.54) is 30.3 Å². The van der Waals surface area contributed by atoms with Gasteiger partial charge in [-0.05, 0) is 42.8 Å². The van der Waals surface area contributed by atoms with Crippen LogP contribution in [-0.2, 0) is 10.0 Å². The number of aryl methyl sites for hydroxylation is 1. The topological polar surface area (TPSA) is 46.2 Å². The van der Waals surface area contributed by atoms with Crippen LogP contribution in [0, 0.1) is 12.7 Å². The van der Waals surface area contributed by atoms with Crippen molar-refractivity contribution >= 4 is 38.9 Å². The van der Waals surface area contributed by atoms with E-state index in [2.05, 4.69) is 4.72 Å². The highest BCUT2D eigenvalue weighted by molar-refractivity contribution is 7.92. The van der Waals surface area contributed by atoms with Crippen LogP contribution in [0.1, 0.15) is 5.56 Å². The molecule has 7 heteroatoms. The molecule has 0 saturated carbocycles. The van der Waals surface area contributed by atoms with Gasteiger partial charge in [-0.2, -0.15) is 0 Å². The summed E-state index contributed by atoms with van der Waals surface area (Å²) in [5, 5.41) is 0.508. The number of halogens is 3. The molecule has 0 radical (unpaired) electrons. The molecular formula is C13H10Cl2FNO2S. The Morgan fingerprint density at radius 2 is 1.80 bits per heavy atom. The van der Waals surface area contributed by atoms with Crippen LogP contribution < -0.4 is 4.72 Å². The third-order valence-electron chi connectivity index (χ3n) is 2.55. The molecular weight excluding hydrogens is 324 g/mol. The molecule has 2 rings (SSSR count). The normalized spacial score (nSPS) is 11.4. The van der Waals surface area contributed by atoms with Crippen molar-refractivity contribution < 1.29 is 12.8 Å². The van der Waals surface area contributed by atoms with Gasteiger partial charge in [0.1, 0.15) is 10.7 Å². The van der Waals surface area contributed by atoms with Crippen molar-refractivity contribution in [3.8, 4) is 0 Å². The zero-order valence-electron chi connectivity index (χ0n) is 10.3. The average Bonchev–Trinajstić information content (AvgIpc) is 2.35. The molecule has 1 N–H and O–H groups in total. The summed E-state index contributed by atoms with van der Waals surface area (Å²) < 4.78 is 40.2. The summed E-state index contributed by atoms with van der Waals surface area (Å²) in [5.74, 6) is -0.826. The van der Waals surface area contributed by atoms with E-state index in [-0.39, 0.29) is 10.7 Å². The first-order valence-electron chi connectivity index (χ1n) is 5.53. The van der Waals surface area contributed by atoms with E-state index in [0.717, 1.165) is 6.07 Å². The third kappa shape index (κ3) is 3.23. The first-order valence-corrected chi connectivity index (χ1v) is 7.77. The van der Waals surface area contributed by atoms with Gasteiger partial charge >= 0.3 is 0 Å². The maximum atomic E-state index is 13.7. The minimum absolute atomic E-state index is 0.133. The summed E-state index contributed by atoms with van der Waals surface area (Å²) in [7, 11) is -4.05. The Kier molecular flexibility index (Phi) is 4.22. The first-order chi connectivity index (χ1) is 9.29. The van der Waals surface area contributed by atoms with E-state index in [9.17, 15) is 12.8 Å². The van der Waals surface area contributed by atoms with Crippen LogP contribution >= 0.6 is 23.2 Å². The molecule has 2 aromatic carbocycles. The summed E-state index contributed by atoms with van der Waals surface area (Å²) in [6.07, 6.45) is 0. The van der Waals surface area contributed by atoms with Crippen molar-refractivity contribution in [2.75, 3.05) is 4.72 Å². The number of nitrogens with one attached hydrogen (secondary N) is 1. The lowest BCUT2D eigenvalue weighted by atomic mass is 10.2. The number of hydrogen-bond donors (Lipinski definition) is 1. The standard InChI is InChI=1S/C13H10Cl2FNO2S/c1-8-2-4-11(16)13(6-8)20(18,19)17-12-5-3-9(14)7-10(12)15/h2-7,17H,1H3. The molecule has 0 fully saturated rings. The molecule has 0 aliphatic rings. The highest BCUT2D eigenvalue weighted by atomic mass is 35.5. The van der Waals surface area contributed by atoms with E-state index < -0.39 is 20.7 Å². The first kappa shape index (κ1) is 15.1. The second-order valence-electron chi connectivity index (χ2n) is 4.16. The van der Waals surface area contributed by atoms with E-state index in [0.29, 0.717) is 10.6 Å². The lowest BCUT2D eigenvalue weighted by molar-refractivity contribution is 0.570. The molecule has 0 saturated heterocycles. The zero-order valence-corrected chi connectivity index (χ0v) is 12.7. The predicted molar refractivity (Wildman–Crippen MR) is 78.4 cm³/mol. The summed E-state index contributed by atoms with van der Waals surface area (Å²) in [5.41, 5.74) is 0.769. The Labute approximate surface area is 126 Å². The number of anilines is 1. The van der Waals surface area contributed by atoms with Crippen molar-refractivity contribution in [1.82, 2.24) is 0 Å². The van der Waals surface area contributed by atoms with Gasteiger partial charge in [-0.15, -0.1) is 0 Å². The van der Waals surface area contributed by atoms with Crippen LogP contribution in [0.3, 0.4) is 0 Å². The van der Waals surface area contributed by atoms with Gasteiger partial charge in [-0.1, -0.05) is 29.3 Å². The van der Waals surface area contributed by atoms with Gasteiger partial charge in [0.25, 0.3) is 10.0 Å². The number of sulfonamides is 1. The van der Waals surface area contributed by atoms with Crippen molar-refractivity contribution in [3.63, 3.8) is 0 Å². The Balaban J connectivity index is 2.43. The van der Waals surface area contributed by atoms with Crippen LogP contribution in [0.2, 0.25) is 10.0 Å². The summed E-state index contributed by atoms with van der Waals surface area (Å²) in [4.78, 5) is -0.427. The Morgan fingerprint density at radius 1 is 1.10 bits per heavy atom. The molecule has 2 aromatic rings. The second kappa shape index (κ2) is 5.60. The van der Waals surface area contributed by atoms with Crippen LogP contribution in [-0.4, -0.2) is 8.42 Å². The number of hydrogen-bond acceptors (Lipinski definition) is 2. The van der Waals surface area contributed by atoms with Gasteiger partial charge < -0.3 is 0 Å². The van der Waals surface area contributed by atoms with Crippen molar-refractivity contribution in [3.05, 3.63) is 57.8 Å². The quantitative estimate of drug-likeness (QED) is 0.912. The number of rotatable bonds is 3. The Morgan fingerprint density at radius 3 is 2.45 bits per heavy atom. The molecule has 0 bridgehead atoms. The minimum atomic E-state index is -4.05. The van der Waals surface area contributed by atoms with Gasteiger partial charge in [0.15, 0.2) is 0 Å². The van der Waals surface area contributed by atoms with Crippen molar-refractivity contribution in [2.24, 2.45) is 0 Å². The fraction of sp³-hybridized carbons (Fsp3) is 0.0769. The summed E-state index contributed by atoms with van der Waals surface area (Å²) >= 11 is 11.6. The highest BCUT2D eigenvalue weighted by Crippen LogP contribution is 2.28. The Hall–Kier alpha value is -1.30. The summed E-state index contributed by atoms with van der Waals surface area (Å²) in [6, 6.07) is 8.14. The molecule has 0 heterocycles. The van der Waals surface area contributed by atoms with Crippen LogP contribution in [0.5, 0.6) is 0 Å². The molecule has 0 spiro atoms. The lowest BCUT2D eigenvalue weighted by Crippen LogP contribution is -2.15. The third-order valence-corrected chi connectivity index (χ3v) is 4.48. The van der Waals surface area contributed by atoms with Gasteiger partial charge in [-0.3, -0.25) is 4.72 Å². The molecule has 0 atom stereocenters. The molecule has 106 valence electrons. The molecule has 0 amide bonds. The second-order valence-corrected chi connectivity index (χ2v) is 6.66. The van der Waals surface area contributed by atoms with E-state index in [1.807, 2.05) is 0 Å². The molecule has 3 nitrogen and oxygen atoms in total. The van der Waals surface area contributed by atoms with Crippen molar-refractivity contribution in [1.29, 1.82) is 0 Å². The van der Waals surface area contributed by atoms with Gasteiger partial charge in [-0.25, -0.2) is 12.8 Å². The molecule has 0 aliphatic carbocycles. The minimum Gasteiger partial charge on any atom is -0.278 e.